The molecule has 0 bridgehead atoms. The van der Waals surface area contributed by atoms with E-state index in [4.69, 9.17) is 9.72 Å². The van der Waals surface area contributed by atoms with Crippen LogP contribution in [0.4, 0.5) is 5.82 Å². The first-order chi connectivity index (χ1) is 14.3. The van der Waals surface area contributed by atoms with Gasteiger partial charge >= 0.3 is 0 Å². The average molecular weight is 411 g/mol. The van der Waals surface area contributed by atoms with Crippen molar-refractivity contribution in [3.05, 3.63) is 46.9 Å². The molecule has 0 N–H and O–H groups in total. The second kappa shape index (κ2) is 9.24. The Hall–Kier alpha value is -2.96. The van der Waals surface area contributed by atoms with Gasteiger partial charge in [-0.3, -0.25) is 14.5 Å². The molecule has 0 spiro atoms. The molecule has 2 aromatic rings. The maximum atomic E-state index is 12.7. The molecule has 1 aliphatic rings. The minimum Gasteiger partial charge on any atom is -0.497 e. The molecule has 0 aliphatic carbocycles. The molecule has 0 atom stereocenters. The number of anilines is 1. The number of hydrogen-bond donors (Lipinski definition) is 0. The van der Waals surface area contributed by atoms with Crippen LogP contribution in [0.2, 0.25) is 0 Å². The van der Waals surface area contributed by atoms with E-state index < -0.39 is 0 Å². The van der Waals surface area contributed by atoms with Gasteiger partial charge in [0, 0.05) is 37.2 Å². The fourth-order valence-corrected chi connectivity index (χ4v) is 3.74. The molecule has 160 valence electrons. The number of aromatic nitrogens is 2. The molecular weight excluding hydrogens is 380 g/mol. The van der Waals surface area contributed by atoms with Crippen LogP contribution in [-0.4, -0.2) is 47.4 Å². The number of nitrogens with zero attached hydrogens (tertiary/aromatic N) is 4. The molecule has 1 aromatic heterocycles. The molecule has 1 aliphatic heterocycles. The van der Waals surface area contributed by atoms with Gasteiger partial charge in [-0.15, -0.1) is 0 Å². The molecule has 0 unspecified atom stereocenters. The van der Waals surface area contributed by atoms with E-state index in [9.17, 15) is 9.59 Å². The normalized spacial score (nSPS) is 13.4. The third kappa shape index (κ3) is 4.78. The molecule has 2 heterocycles. The van der Waals surface area contributed by atoms with Crippen molar-refractivity contribution >= 4 is 17.6 Å². The lowest BCUT2D eigenvalue weighted by Gasteiger charge is -2.30. The lowest BCUT2D eigenvalue weighted by molar-refractivity contribution is -0.133. The van der Waals surface area contributed by atoms with Crippen LogP contribution in [-0.2, 0) is 29.0 Å². The standard InChI is InChI=1S/C23H30N4O3/c1-15(2)23(29)26(4)14-20-24-16(3)19-9-10-21(28)27(22(19)25-20)12-11-17-7-6-8-18(13-17)30-5/h6-8,13,15H,9-12,14H2,1-5H3. The molecule has 7 heteroatoms. The van der Waals surface area contributed by atoms with Crippen LogP contribution >= 0.6 is 0 Å². The molecule has 0 radical (unpaired) electrons. The zero-order chi connectivity index (χ0) is 21.8. The van der Waals surface area contributed by atoms with Crippen LogP contribution in [0.3, 0.4) is 0 Å². The molecule has 0 fully saturated rings. The van der Waals surface area contributed by atoms with E-state index in [0.717, 1.165) is 22.6 Å². The van der Waals surface area contributed by atoms with E-state index in [-0.39, 0.29) is 17.7 Å². The van der Waals surface area contributed by atoms with Gasteiger partial charge in [-0.05, 0) is 37.5 Å². The van der Waals surface area contributed by atoms with Crippen molar-refractivity contribution in [2.24, 2.45) is 5.92 Å². The summed E-state index contributed by atoms with van der Waals surface area (Å²) in [5.74, 6) is 2.07. The van der Waals surface area contributed by atoms with E-state index in [2.05, 4.69) is 4.98 Å². The zero-order valence-corrected chi connectivity index (χ0v) is 18.4. The van der Waals surface area contributed by atoms with Crippen molar-refractivity contribution in [2.75, 3.05) is 25.6 Å². The van der Waals surface area contributed by atoms with Crippen molar-refractivity contribution < 1.29 is 14.3 Å². The Morgan fingerprint density at radius 3 is 2.73 bits per heavy atom. The van der Waals surface area contributed by atoms with E-state index in [1.54, 1.807) is 24.0 Å². The first-order valence-electron chi connectivity index (χ1n) is 10.3. The fraction of sp³-hybridized carbons (Fsp3) is 0.478. The van der Waals surface area contributed by atoms with Crippen molar-refractivity contribution in [1.29, 1.82) is 0 Å². The van der Waals surface area contributed by atoms with Crippen LogP contribution in [0.15, 0.2) is 24.3 Å². The van der Waals surface area contributed by atoms with Gasteiger partial charge in [-0.2, -0.15) is 0 Å². The van der Waals surface area contributed by atoms with Gasteiger partial charge < -0.3 is 9.64 Å². The number of carbonyl (C=O) groups is 2. The van der Waals surface area contributed by atoms with Gasteiger partial charge in [0.1, 0.15) is 17.4 Å². The van der Waals surface area contributed by atoms with Gasteiger partial charge in [0.2, 0.25) is 11.8 Å². The molecule has 7 nitrogen and oxygen atoms in total. The number of amides is 2. The second-order valence-electron chi connectivity index (χ2n) is 8.02. The molecule has 3 rings (SSSR count). The van der Waals surface area contributed by atoms with Crippen LogP contribution in [0.5, 0.6) is 5.75 Å². The SMILES string of the molecule is COc1cccc(CCN2C(=O)CCc3c(C)nc(CN(C)C(=O)C(C)C)nc32)c1. The van der Waals surface area contributed by atoms with Gasteiger partial charge in [0.15, 0.2) is 0 Å². The van der Waals surface area contributed by atoms with Gasteiger partial charge in [-0.1, -0.05) is 26.0 Å². The Morgan fingerprint density at radius 2 is 2.03 bits per heavy atom. The predicted molar refractivity (Wildman–Crippen MR) is 115 cm³/mol. The zero-order valence-electron chi connectivity index (χ0n) is 18.4. The number of aryl methyl sites for hydroxylation is 1. The first kappa shape index (κ1) is 21.7. The van der Waals surface area contributed by atoms with E-state index in [1.165, 1.54) is 0 Å². The summed E-state index contributed by atoms with van der Waals surface area (Å²) in [6.45, 7) is 6.55. The van der Waals surface area contributed by atoms with Crippen molar-refractivity contribution in [3.63, 3.8) is 0 Å². The number of carbonyl (C=O) groups excluding carboxylic acids is 2. The smallest absolute Gasteiger partial charge is 0.228 e. The monoisotopic (exact) mass is 410 g/mol. The number of benzene rings is 1. The molecule has 1 aromatic carbocycles. The summed E-state index contributed by atoms with van der Waals surface area (Å²) in [5, 5.41) is 0. The lowest BCUT2D eigenvalue weighted by Crippen LogP contribution is -2.38. The largest absolute Gasteiger partial charge is 0.497 e. The highest BCUT2D eigenvalue weighted by atomic mass is 16.5. The number of methoxy groups -OCH3 is 1. The number of hydrogen-bond acceptors (Lipinski definition) is 5. The highest BCUT2D eigenvalue weighted by Gasteiger charge is 2.28. The van der Waals surface area contributed by atoms with Crippen molar-refractivity contribution in [3.8, 4) is 5.75 Å². The van der Waals surface area contributed by atoms with Crippen LogP contribution in [0, 0.1) is 12.8 Å². The van der Waals surface area contributed by atoms with Gasteiger partial charge in [0.05, 0.1) is 13.7 Å². The summed E-state index contributed by atoms with van der Waals surface area (Å²) in [6.07, 6.45) is 1.81. The molecular formula is C23H30N4O3. The lowest BCUT2D eigenvalue weighted by atomic mass is 10.0. The summed E-state index contributed by atoms with van der Waals surface area (Å²) in [4.78, 5) is 37.7. The Morgan fingerprint density at radius 1 is 1.27 bits per heavy atom. The fourth-order valence-electron chi connectivity index (χ4n) is 3.74. The Kier molecular flexibility index (Phi) is 6.70. The maximum Gasteiger partial charge on any atom is 0.228 e. The summed E-state index contributed by atoms with van der Waals surface area (Å²) >= 11 is 0. The maximum absolute atomic E-state index is 12.7. The number of ether oxygens (including phenoxy) is 1. The van der Waals surface area contributed by atoms with E-state index in [0.29, 0.717) is 44.0 Å². The summed E-state index contributed by atoms with van der Waals surface area (Å²) in [5.41, 5.74) is 2.99. The number of fused-ring (bicyclic) bond motifs is 1. The Balaban J connectivity index is 1.84. The highest BCUT2D eigenvalue weighted by Crippen LogP contribution is 2.28. The van der Waals surface area contributed by atoms with E-state index in [1.807, 2.05) is 45.0 Å². The average Bonchev–Trinajstić information content (AvgIpc) is 2.72. The summed E-state index contributed by atoms with van der Waals surface area (Å²) in [7, 11) is 3.40. The Bertz CT molecular complexity index is 942. The number of rotatable bonds is 7. The topological polar surface area (TPSA) is 75.6 Å². The summed E-state index contributed by atoms with van der Waals surface area (Å²) < 4.78 is 5.30. The minimum absolute atomic E-state index is 0.0416. The quantitative estimate of drug-likeness (QED) is 0.702. The van der Waals surface area contributed by atoms with Crippen molar-refractivity contribution in [1.82, 2.24) is 14.9 Å². The minimum atomic E-state index is -0.0883. The first-order valence-corrected chi connectivity index (χ1v) is 10.3. The van der Waals surface area contributed by atoms with Crippen LogP contribution in [0.25, 0.3) is 0 Å². The summed E-state index contributed by atoms with van der Waals surface area (Å²) in [6, 6.07) is 7.87. The molecule has 0 saturated carbocycles. The van der Waals surface area contributed by atoms with E-state index >= 15 is 0 Å². The predicted octanol–water partition coefficient (Wildman–Crippen LogP) is 2.93. The molecule has 2 amide bonds. The van der Waals surface area contributed by atoms with Crippen molar-refractivity contribution in [2.45, 2.75) is 46.6 Å². The van der Waals surface area contributed by atoms with Crippen LogP contribution in [0.1, 0.15) is 42.9 Å². The Labute approximate surface area is 178 Å². The van der Waals surface area contributed by atoms with Gasteiger partial charge in [0.25, 0.3) is 0 Å². The highest BCUT2D eigenvalue weighted by molar-refractivity contribution is 5.95. The molecule has 30 heavy (non-hydrogen) atoms. The van der Waals surface area contributed by atoms with Gasteiger partial charge in [-0.25, -0.2) is 9.97 Å². The molecule has 0 saturated heterocycles. The third-order valence-corrected chi connectivity index (χ3v) is 5.39. The van der Waals surface area contributed by atoms with Crippen LogP contribution < -0.4 is 9.64 Å². The third-order valence-electron chi connectivity index (χ3n) is 5.39. The second-order valence-corrected chi connectivity index (χ2v) is 8.02.